The number of aliphatic hydroxyl groups is 1. The van der Waals surface area contributed by atoms with E-state index in [2.05, 4.69) is 0 Å². The molecule has 1 spiro atoms. The third kappa shape index (κ3) is 4.50. The van der Waals surface area contributed by atoms with Crippen molar-refractivity contribution in [3.8, 4) is 0 Å². The van der Waals surface area contributed by atoms with E-state index in [1.54, 1.807) is 21.7 Å². The first-order chi connectivity index (χ1) is 20.0. The van der Waals surface area contributed by atoms with Crippen LogP contribution in [0.1, 0.15) is 49.3 Å². The van der Waals surface area contributed by atoms with Crippen LogP contribution in [-0.2, 0) is 37.7 Å². The highest BCUT2D eigenvalue weighted by molar-refractivity contribution is 6.71. The van der Waals surface area contributed by atoms with Gasteiger partial charge in [-0.25, -0.2) is 0 Å². The molecule has 2 saturated heterocycles. The number of aliphatic hydroxyl groups excluding tert-OH is 1. The number of fused-ring (bicyclic) bond motifs is 3. The molecule has 0 saturated carbocycles. The van der Waals surface area contributed by atoms with Gasteiger partial charge in [-0.2, -0.15) is 0 Å². The van der Waals surface area contributed by atoms with E-state index in [-0.39, 0.29) is 36.8 Å². The van der Waals surface area contributed by atoms with Crippen LogP contribution < -0.4 is 9.80 Å². The van der Waals surface area contributed by atoms with E-state index in [4.69, 9.17) is 4.74 Å². The maximum atomic E-state index is 14.1. The smallest absolute Gasteiger partial charge is 0.264 e. The molecule has 224 valence electrons. The molecule has 0 unspecified atom stereocenters. The number of ether oxygens (including phenoxy) is 1. The number of carbonyl (C=O) groups is 3. The number of nitrogens with zero attached hydrogens (tertiary/aromatic N) is 3. The second-order valence-corrected chi connectivity index (χ2v) is 16.9. The summed E-state index contributed by atoms with van der Waals surface area (Å²) < 4.78 is 6.81. The molecule has 9 nitrogen and oxygen atoms in total. The number of benzene rings is 2. The van der Waals surface area contributed by atoms with Gasteiger partial charge in [0.1, 0.15) is 0 Å². The Morgan fingerprint density at radius 3 is 2.55 bits per heavy atom. The molecular weight excluding hydrogens is 550 g/mol. The van der Waals surface area contributed by atoms with Gasteiger partial charge in [0.2, 0.25) is 11.8 Å². The summed E-state index contributed by atoms with van der Waals surface area (Å²) in [5, 5.41) is 10.2. The van der Waals surface area contributed by atoms with Crippen molar-refractivity contribution in [2.45, 2.75) is 82.0 Å². The lowest BCUT2D eigenvalue weighted by molar-refractivity contribution is -0.150. The molecule has 0 bridgehead atoms. The van der Waals surface area contributed by atoms with E-state index in [1.807, 2.05) is 62.5 Å². The fraction of sp³-hybridized carbons (Fsp3) is 0.531. The van der Waals surface area contributed by atoms with Crippen LogP contribution in [0.4, 0.5) is 11.4 Å². The molecule has 0 aromatic heterocycles. The van der Waals surface area contributed by atoms with Gasteiger partial charge in [0.25, 0.3) is 5.91 Å². The molecule has 42 heavy (non-hydrogen) atoms. The van der Waals surface area contributed by atoms with Crippen molar-refractivity contribution in [1.82, 2.24) is 4.90 Å². The minimum atomic E-state index is -2.95. The number of amides is 3. The number of hydrogen-bond acceptors (Lipinski definition) is 6. The Labute approximate surface area is 248 Å². The molecule has 4 aliphatic heterocycles. The van der Waals surface area contributed by atoms with E-state index >= 15 is 0 Å². The number of hydrogen-bond donors (Lipinski definition) is 2. The first-order valence-corrected chi connectivity index (χ1v) is 18.1. The SMILES string of the molecule is C[C@H]1[C@H]([Si](C)(C)O)[C@@H](CC(=O)N2Cc3ccccc3C[C@H]2CO)O[C@]12C(=O)N(C)c1ccc(N3CCCCC3=O)cc12. The van der Waals surface area contributed by atoms with Gasteiger partial charge < -0.3 is 29.3 Å². The number of piperidine rings is 1. The lowest BCUT2D eigenvalue weighted by Gasteiger charge is -2.37. The molecule has 2 aromatic carbocycles. The normalized spacial score (nSPS) is 29.3. The van der Waals surface area contributed by atoms with E-state index in [9.17, 15) is 24.3 Å². The molecule has 3 amide bonds. The predicted molar refractivity (Wildman–Crippen MR) is 161 cm³/mol. The number of rotatable bonds is 5. The number of carbonyl (C=O) groups excluding carboxylic acids is 3. The first kappa shape index (κ1) is 29.0. The summed E-state index contributed by atoms with van der Waals surface area (Å²) in [7, 11) is -1.23. The Morgan fingerprint density at radius 1 is 1.12 bits per heavy atom. The van der Waals surface area contributed by atoms with Gasteiger partial charge in [0.05, 0.1) is 30.9 Å². The molecule has 4 heterocycles. The van der Waals surface area contributed by atoms with Gasteiger partial charge in [-0.3, -0.25) is 14.4 Å². The lowest BCUT2D eigenvalue weighted by atomic mass is 9.82. The number of likely N-dealkylation sites (N-methyl/N-ethyl adjacent to an activating group) is 1. The largest absolute Gasteiger partial charge is 0.432 e. The van der Waals surface area contributed by atoms with Crippen molar-refractivity contribution >= 4 is 37.4 Å². The van der Waals surface area contributed by atoms with Crippen molar-refractivity contribution in [2.75, 3.05) is 30.0 Å². The molecule has 0 radical (unpaired) electrons. The lowest BCUT2D eigenvalue weighted by Crippen LogP contribution is -2.48. The molecule has 10 heteroatoms. The quantitative estimate of drug-likeness (QED) is 0.517. The summed E-state index contributed by atoms with van der Waals surface area (Å²) in [4.78, 5) is 57.5. The molecule has 2 N–H and O–H groups in total. The monoisotopic (exact) mass is 591 g/mol. The molecule has 0 aliphatic carbocycles. The van der Waals surface area contributed by atoms with Crippen LogP contribution in [-0.4, -0.2) is 73.2 Å². The van der Waals surface area contributed by atoms with E-state index in [0.717, 1.165) is 35.3 Å². The summed E-state index contributed by atoms with van der Waals surface area (Å²) >= 11 is 0. The number of anilines is 2. The second-order valence-electron chi connectivity index (χ2n) is 13.0. The highest BCUT2D eigenvalue weighted by Gasteiger charge is 2.66. The average Bonchev–Trinajstić information content (AvgIpc) is 3.38. The van der Waals surface area contributed by atoms with Crippen LogP contribution >= 0.6 is 0 Å². The van der Waals surface area contributed by atoms with Crippen LogP contribution in [0.2, 0.25) is 18.6 Å². The van der Waals surface area contributed by atoms with Gasteiger partial charge in [0, 0.05) is 49.3 Å². The van der Waals surface area contributed by atoms with E-state index in [1.165, 1.54) is 0 Å². The predicted octanol–water partition coefficient (Wildman–Crippen LogP) is 3.31. The van der Waals surface area contributed by atoms with Crippen molar-refractivity contribution in [3.63, 3.8) is 0 Å². The zero-order valence-electron chi connectivity index (χ0n) is 24.9. The standard InChI is InChI=1S/C32H41N3O6Si/c1-20-30(42(3,4)40)27(17-29(38)35-18-22-10-6-5-9-21(22)15-24(35)19-36)41-32(20)25-16-23(34-14-8-7-11-28(34)37)12-13-26(25)33(2)31(32)39/h5-6,9-10,12-13,16,20,24,27,30,36,40H,7-8,11,14-15,17-19H2,1-4H3/t20-,24-,27+,30-,32+/m0/s1. The van der Waals surface area contributed by atoms with Gasteiger partial charge in [0.15, 0.2) is 13.9 Å². The Bertz CT molecular complexity index is 1430. The Kier molecular flexibility index (Phi) is 7.32. The molecule has 6 rings (SSSR count). The van der Waals surface area contributed by atoms with Crippen LogP contribution in [0.15, 0.2) is 42.5 Å². The fourth-order valence-electron chi connectivity index (χ4n) is 7.95. The second kappa shape index (κ2) is 10.6. The topological polar surface area (TPSA) is 111 Å². The van der Waals surface area contributed by atoms with Crippen LogP contribution in [0.25, 0.3) is 0 Å². The molecule has 5 atom stereocenters. The minimum Gasteiger partial charge on any atom is -0.432 e. The van der Waals surface area contributed by atoms with Gasteiger partial charge >= 0.3 is 0 Å². The summed E-state index contributed by atoms with van der Waals surface area (Å²) in [6, 6.07) is 13.3. The van der Waals surface area contributed by atoms with Crippen LogP contribution in [0.3, 0.4) is 0 Å². The minimum absolute atomic E-state index is 0.00302. The zero-order valence-corrected chi connectivity index (χ0v) is 25.9. The first-order valence-electron chi connectivity index (χ1n) is 15.1. The molecule has 2 fully saturated rings. The molecular formula is C32H41N3O6Si. The summed E-state index contributed by atoms with van der Waals surface area (Å²) in [6.45, 7) is 6.52. The van der Waals surface area contributed by atoms with Crippen molar-refractivity contribution in [1.29, 1.82) is 0 Å². The molecule has 4 aliphatic rings. The summed E-state index contributed by atoms with van der Waals surface area (Å²) in [5.41, 5.74) is 2.58. The summed E-state index contributed by atoms with van der Waals surface area (Å²) in [6.07, 6.45) is 2.19. The summed E-state index contributed by atoms with van der Waals surface area (Å²) in [5.74, 6) is -0.709. The van der Waals surface area contributed by atoms with Crippen molar-refractivity contribution in [3.05, 3.63) is 59.2 Å². The molecule has 2 aromatic rings. The van der Waals surface area contributed by atoms with E-state index in [0.29, 0.717) is 31.5 Å². The van der Waals surface area contributed by atoms with E-state index < -0.39 is 31.5 Å². The van der Waals surface area contributed by atoms with Crippen molar-refractivity contribution in [2.24, 2.45) is 5.92 Å². The highest BCUT2D eigenvalue weighted by Crippen LogP contribution is 2.60. The maximum Gasteiger partial charge on any atom is 0.264 e. The zero-order chi connectivity index (χ0) is 30.0. The third-order valence-corrected chi connectivity index (χ3v) is 12.5. The Balaban J connectivity index is 1.35. The Morgan fingerprint density at radius 2 is 1.86 bits per heavy atom. The fourth-order valence-corrected chi connectivity index (χ4v) is 10.5. The van der Waals surface area contributed by atoms with Gasteiger partial charge in [-0.15, -0.1) is 0 Å². The van der Waals surface area contributed by atoms with Gasteiger partial charge in [-0.05, 0) is 61.7 Å². The average molecular weight is 592 g/mol. The van der Waals surface area contributed by atoms with Gasteiger partial charge in [-0.1, -0.05) is 31.2 Å². The third-order valence-electron chi connectivity index (χ3n) is 9.99. The van der Waals surface area contributed by atoms with Crippen LogP contribution in [0.5, 0.6) is 0 Å². The van der Waals surface area contributed by atoms with Crippen molar-refractivity contribution < 1.29 is 29.0 Å². The Hall–Kier alpha value is -3.05. The van der Waals surface area contributed by atoms with Crippen LogP contribution in [0, 0.1) is 5.92 Å². The maximum absolute atomic E-state index is 14.1. The highest BCUT2D eigenvalue weighted by atomic mass is 28.4.